The Hall–Kier alpha value is -3.63. The molecule has 1 unspecified atom stereocenters. The number of thiophene rings is 1. The second-order valence-corrected chi connectivity index (χ2v) is 9.82. The first kappa shape index (κ1) is 23.1. The molecule has 10 heteroatoms. The van der Waals surface area contributed by atoms with Crippen molar-refractivity contribution < 1.29 is 18.8 Å². The number of benzene rings is 2. The van der Waals surface area contributed by atoms with E-state index in [2.05, 4.69) is 15.3 Å². The normalized spacial score (nSPS) is 16.3. The molecule has 1 aromatic heterocycles. The maximum Gasteiger partial charge on any atom is 0.271 e. The van der Waals surface area contributed by atoms with Crippen LogP contribution in [0.3, 0.4) is 0 Å². The minimum atomic E-state index is -0.853. The minimum absolute atomic E-state index is 0.0297. The molecule has 0 bridgehead atoms. The van der Waals surface area contributed by atoms with Gasteiger partial charge < -0.3 is 5.32 Å². The molecule has 0 saturated heterocycles. The lowest BCUT2D eigenvalue weighted by molar-refractivity contribution is -0.126. The molecule has 2 aliphatic rings. The molecule has 176 valence electrons. The molecule has 0 radical (unpaired) electrons. The number of ketones is 1. The van der Waals surface area contributed by atoms with Gasteiger partial charge in [-0.25, -0.2) is 9.38 Å². The van der Waals surface area contributed by atoms with E-state index in [9.17, 15) is 18.8 Å². The van der Waals surface area contributed by atoms with Crippen molar-refractivity contribution in [2.75, 3.05) is 5.75 Å². The van der Waals surface area contributed by atoms with Crippen molar-refractivity contribution >= 4 is 57.4 Å². The number of nitrogens with one attached hydrogen (secondary N) is 1. The van der Waals surface area contributed by atoms with Crippen LogP contribution < -0.4 is 5.32 Å². The number of halogens is 1. The molecule has 1 N–H and O–H groups in total. The van der Waals surface area contributed by atoms with Crippen LogP contribution in [0.2, 0.25) is 0 Å². The Balaban J connectivity index is 1.36. The van der Waals surface area contributed by atoms with Gasteiger partial charge in [0, 0.05) is 16.0 Å². The van der Waals surface area contributed by atoms with Gasteiger partial charge in [0.15, 0.2) is 11.0 Å². The minimum Gasteiger partial charge on any atom is -0.351 e. The fourth-order valence-corrected chi connectivity index (χ4v) is 5.39. The predicted octanol–water partition coefficient (Wildman–Crippen LogP) is 4.17. The number of nitrogens with zero attached hydrogens (tertiary/aromatic N) is 3. The quantitative estimate of drug-likeness (QED) is 0.486. The van der Waals surface area contributed by atoms with E-state index < -0.39 is 17.8 Å². The molecule has 1 atom stereocenters. The standard InChI is InChI=1S/C25H19FN4O3S2/c26-16-9-7-15(8-10-16)21(31)14-35-25-28-19-6-2-1-5-18(19)23-29-24(33)20(30(23)25)12-22(32)27-13-17-4-3-11-34-17/h1-11,20H,12-14H2,(H,27,32). The van der Waals surface area contributed by atoms with E-state index in [1.807, 2.05) is 41.8 Å². The average Bonchev–Trinajstić information content (AvgIpc) is 3.50. The third-order valence-corrected chi connectivity index (χ3v) is 7.35. The highest BCUT2D eigenvalue weighted by atomic mass is 32.2. The van der Waals surface area contributed by atoms with Gasteiger partial charge in [0.1, 0.15) is 17.7 Å². The van der Waals surface area contributed by atoms with Gasteiger partial charge in [0.25, 0.3) is 5.91 Å². The number of carbonyl (C=O) groups excluding carboxylic acids is 3. The number of hydrogen-bond donors (Lipinski definition) is 1. The van der Waals surface area contributed by atoms with Crippen LogP contribution in [-0.4, -0.2) is 45.3 Å². The Morgan fingerprint density at radius 3 is 2.63 bits per heavy atom. The summed E-state index contributed by atoms with van der Waals surface area (Å²) in [5.41, 5.74) is 1.71. The Labute approximate surface area is 208 Å². The fraction of sp³-hybridized carbons (Fsp3) is 0.160. The topological polar surface area (TPSA) is 91.2 Å². The van der Waals surface area contributed by atoms with Gasteiger partial charge in [-0.05, 0) is 47.8 Å². The largest absolute Gasteiger partial charge is 0.351 e. The summed E-state index contributed by atoms with van der Waals surface area (Å²) in [6.07, 6.45) is -0.0924. The molecule has 35 heavy (non-hydrogen) atoms. The molecular formula is C25H19FN4O3S2. The maximum atomic E-state index is 13.2. The zero-order valence-electron chi connectivity index (χ0n) is 18.3. The molecule has 3 aromatic rings. The summed E-state index contributed by atoms with van der Waals surface area (Å²) in [5, 5.41) is 5.20. The maximum absolute atomic E-state index is 13.2. The first-order valence-corrected chi connectivity index (χ1v) is 12.7. The monoisotopic (exact) mass is 506 g/mol. The van der Waals surface area contributed by atoms with Gasteiger partial charge in [-0.15, -0.1) is 11.3 Å². The number of Topliss-reactive ketones (excluding diaryl/α,β-unsaturated/α-hetero) is 1. The summed E-state index contributed by atoms with van der Waals surface area (Å²) in [6, 6.07) is 15.6. The molecule has 2 amide bonds. The molecule has 3 heterocycles. The lowest BCUT2D eigenvalue weighted by Gasteiger charge is -2.30. The molecule has 0 spiro atoms. The van der Waals surface area contributed by atoms with Crippen molar-refractivity contribution in [2.24, 2.45) is 9.98 Å². The van der Waals surface area contributed by atoms with Gasteiger partial charge in [-0.1, -0.05) is 30.0 Å². The van der Waals surface area contributed by atoms with E-state index in [1.165, 1.54) is 35.6 Å². The molecule has 7 nitrogen and oxygen atoms in total. The van der Waals surface area contributed by atoms with Crippen molar-refractivity contribution in [1.29, 1.82) is 0 Å². The lowest BCUT2D eigenvalue weighted by Crippen LogP contribution is -2.46. The van der Waals surface area contributed by atoms with Crippen LogP contribution in [0, 0.1) is 5.82 Å². The van der Waals surface area contributed by atoms with E-state index in [-0.39, 0.29) is 23.9 Å². The van der Waals surface area contributed by atoms with Crippen molar-refractivity contribution in [3.63, 3.8) is 0 Å². The number of hydrogen-bond acceptors (Lipinski definition) is 7. The second-order valence-electron chi connectivity index (χ2n) is 7.85. The van der Waals surface area contributed by atoms with E-state index in [0.717, 1.165) is 16.6 Å². The van der Waals surface area contributed by atoms with Crippen molar-refractivity contribution in [1.82, 2.24) is 10.2 Å². The summed E-state index contributed by atoms with van der Waals surface area (Å²) < 4.78 is 13.2. The SMILES string of the molecule is O=C(CC1C(=O)N=C2c3ccccc3N=C(SCC(=O)c3ccc(F)cc3)N21)NCc1cccs1. The van der Waals surface area contributed by atoms with E-state index in [1.54, 1.807) is 4.90 Å². The molecule has 0 aliphatic carbocycles. The summed E-state index contributed by atoms with van der Waals surface area (Å²) in [4.78, 5) is 49.8. The zero-order valence-corrected chi connectivity index (χ0v) is 19.9. The van der Waals surface area contributed by atoms with Crippen LogP contribution in [0.1, 0.15) is 27.2 Å². The van der Waals surface area contributed by atoms with E-state index in [4.69, 9.17) is 0 Å². The Kier molecular flexibility index (Phi) is 6.56. The Morgan fingerprint density at radius 2 is 1.86 bits per heavy atom. The van der Waals surface area contributed by atoms with Gasteiger partial charge in [0.2, 0.25) is 5.91 Å². The smallest absolute Gasteiger partial charge is 0.271 e. The lowest BCUT2D eigenvalue weighted by atomic mass is 10.1. The highest BCUT2D eigenvalue weighted by Crippen LogP contribution is 2.35. The van der Waals surface area contributed by atoms with Crippen LogP contribution in [0.4, 0.5) is 10.1 Å². The Bertz CT molecular complexity index is 1350. The second kappa shape index (κ2) is 9.93. The third-order valence-electron chi connectivity index (χ3n) is 5.53. The van der Waals surface area contributed by atoms with Gasteiger partial charge >= 0.3 is 0 Å². The number of amidine groups is 2. The first-order chi connectivity index (χ1) is 17.0. The first-order valence-electron chi connectivity index (χ1n) is 10.8. The van der Waals surface area contributed by atoms with Crippen LogP contribution >= 0.6 is 23.1 Å². The van der Waals surface area contributed by atoms with Crippen molar-refractivity contribution in [2.45, 2.75) is 19.0 Å². The van der Waals surface area contributed by atoms with Crippen LogP contribution in [0.25, 0.3) is 0 Å². The molecule has 2 aliphatic heterocycles. The van der Waals surface area contributed by atoms with Crippen molar-refractivity contribution in [3.8, 4) is 0 Å². The molecule has 0 fully saturated rings. The number of amides is 2. The summed E-state index contributed by atoms with van der Waals surface area (Å²) in [6.45, 7) is 0.385. The molecule has 0 saturated carbocycles. The summed E-state index contributed by atoms with van der Waals surface area (Å²) in [5.74, 6) is -0.875. The van der Waals surface area contributed by atoms with Crippen LogP contribution in [0.15, 0.2) is 76.0 Å². The molecule has 2 aromatic carbocycles. The number of rotatable bonds is 7. The highest BCUT2D eigenvalue weighted by molar-refractivity contribution is 8.14. The van der Waals surface area contributed by atoms with E-state index >= 15 is 0 Å². The molecule has 5 rings (SSSR count). The fourth-order valence-electron chi connectivity index (χ4n) is 3.80. The number of para-hydroxylation sites is 1. The van der Waals surface area contributed by atoms with Crippen LogP contribution in [-0.2, 0) is 16.1 Å². The number of aliphatic imine (C=N–C) groups is 2. The summed E-state index contributed by atoms with van der Waals surface area (Å²) in [7, 11) is 0. The van der Waals surface area contributed by atoms with Crippen LogP contribution in [0.5, 0.6) is 0 Å². The molecular weight excluding hydrogens is 487 g/mol. The predicted molar refractivity (Wildman–Crippen MR) is 135 cm³/mol. The number of carbonyl (C=O) groups is 3. The Morgan fingerprint density at radius 1 is 1.06 bits per heavy atom. The third kappa shape index (κ3) is 4.94. The van der Waals surface area contributed by atoms with Gasteiger partial charge in [-0.2, -0.15) is 4.99 Å². The average molecular weight is 507 g/mol. The number of thioether (sulfide) groups is 1. The number of fused-ring (bicyclic) bond motifs is 3. The van der Waals surface area contributed by atoms with Gasteiger partial charge in [0.05, 0.1) is 24.4 Å². The summed E-state index contributed by atoms with van der Waals surface area (Å²) >= 11 is 2.70. The zero-order chi connectivity index (χ0) is 24.4. The van der Waals surface area contributed by atoms with Crippen molar-refractivity contribution in [3.05, 3.63) is 87.9 Å². The highest BCUT2D eigenvalue weighted by Gasteiger charge is 2.42. The van der Waals surface area contributed by atoms with Gasteiger partial charge in [-0.3, -0.25) is 19.3 Å². The van der Waals surface area contributed by atoms with E-state index in [0.29, 0.717) is 34.4 Å².